The number of hydrogen-bond acceptors (Lipinski definition) is 5. The lowest BCUT2D eigenvalue weighted by Gasteiger charge is -2.15. The van der Waals surface area contributed by atoms with Crippen molar-refractivity contribution >= 4 is 23.0 Å². The molecule has 1 rings (SSSR count). The molecule has 0 heterocycles. The normalized spacial score (nSPS) is 11.7. The molecule has 1 unspecified atom stereocenters. The van der Waals surface area contributed by atoms with Crippen LogP contribution in [-0.2, 0) is 4.79 Å². The molecule has 0 radical (unpaired) electrons. The highest BCUT2D eigenvalue weighted by atomic mass is 16.6. The average molecular weight is 266 g/mol. The van der Waals surface area contributed by atoms with Gasteiger partial charge in [0.1, 0.15) is 11.4 Å². The summed E-state index contributed by atoms with van der Waals surface area (Å²) in [5.41, 5.74) is 5.89. The monoisotopic (exact) mass is 266 g/mol. The number of nitrogens with one attached hydrogen (secondary N) is 2. The molecule has 0 aliphatic heterocycles. The van der Waals surface area contributed by atoms with E-state index in [1.165, 1.54) is 0 Å². The van der Waals surface area contributed by atoms with Gasteiger partial charge in [-0.25, -0.2) is 0 Å². The molecule has 0 aliphatic rings. The third-order valence-electron chi connectivity index (χ3n) is 2.50. The number of nitrogens with two attached hydrogens (primary N) is 1. The van der Waals surface area contributed by atoms with Crippen molar-refractivity contribution in [2.75, 3.05) is 17.2 Å². The molecule has 7 heteroatoms. The van der Waals surface area contributed by atoms with Crippen molar-refractivity contribution in [1.29, 1.82) is 0 Å². The van der Waals surface area contributed by atoms with Crippen LogP contribution in [0.25, 0.3) is 0 Å². The molecule has 1 aromatic carbocycles. The first-order valence-electron chi connectivity index (χ1n) is 6.01. The molecule has 0 aliphatic carbocycles. The van der Waals surface area contributed by atoms with Crippen LogP contribution in [0.3, 0.4) is 0 Å². The van der Waals surface area contributed by atoms with E-state index in [2.05, 4.69) is 10.6 Å². The second kappa shape index (κ2) is 6.58. The molecular weight excluding hydrogens is 248 g/mol. The second-order valence-electron chi connectivity index (χ2n) is 4.21. The van der Waals surface area contributed by atoms with E-state index in [-0.39, 0.29) is 18.2 Å². The standard InChI is InChI=1S/C12H18N4O3/c1-3-14-9-5-4-6-10(12(9)16(18)19)15-8(2)7-11(13)17/h4-6,8,14-15H,3,7H2,1-2H3,(H2,13,17). The zero-order chi connectivity index (χ0) is 14.4. The van der Waals surface area contributed by atoms with Crippen LogP contribution >= 0.6 is 0 Å². The summed E-state index contributed by atoms with van der Waals surface area (Å²) in [6.07, 6.45) is 0.114. The Hall–Kier alpha value is -2.31. The fourth-order valence-corrected chi connectivity index (χ4v) is 1.81. The van der Waals surface area contributed by atoms with Gasteiger partial charge in [0, 0.05) is 19.0 Å². The number of nitrogens with zero attached hydrogens (tertiary/aromatic N) is 1. The Bertz CT molecular complexity index is 476. The summed E-state index contributed by atoms with van der Waals surface area (Å²) in [6, 6.07) is 4.69. The van der Waals surface area contributed by atoms with Crippen molar-refractivity contribution in [3.63, 3.8) is 0 Å². The third-order valence-corrected chi connectivity index (χ3v) is 2.50. The van der Waals surface area contributed by atoms with Gasteiger partial charge < -0.3 is 16.4 Å². The first-order valence-corrected chi connectivity index (χ1v) is 6.01. The van der Waals surface area contributed by atoms with E-state index in [1.807, 2.05) is 6.92 Å². The average Bonchev–Trinajstić information content (AvgIpc) is 2.27. The molecule has 0 fully saturated rings. The molecule has 1 amide bonds. The molecule has 19 heavy (non-hydrogen) atoms. The van der Waals surface area contributed by atoms with Crippen LogP contribution in [0, 0.1) is 10.1 Å². The lowest BCUT2D eigenvalue weighted by Crippen LogP contribution is -2.24. The minimum atomic E-state index is -0.453. The van der Waals surface area contributed by atoms with Gasteiger partial charge in [-0.2, -0.15) is 0 Å². The lowest BCUT2D eigenvalue weighted by molar-refractivity contribution is -0.383. The van der Waals surface area contributed by atoms with E-state index in [4.69, 9.17) is 5.73 Å². The van der Waals surface area contributed by atoms with Crippen LogP contribution in [0.5, 0.6) is 0 Å². The fourth-order valence-electron chi connectivity index (χ4n) is 1.81. The number of amides is 1. The van der Waals surface area contributed by atoms with Gasteiger partial charge in [-0.15, -0.1) is 0 Å². The summed E-state index contributed by atoms with van der Waals surface area (Å²) in [5.74, 6) is -0.453. The Morgan fingerprint density at radius 2 is 2.11 bits per heavy atom. The number of benzene rings is 1. The van der Waals surface area contributed by atoms with E-state index >= 15 is 0 Å². The Labute approximate surface area is 111 Å². The Kier molecular flexibility index (Phi) is 5.11. The molecule has 1 aromatic rings. The lowest BCUT2D eigenvalue weighted by atomic mass is 10.1. The SMILES string of the molecule is CCNc1cccc(NC(C)CC(N)=O)c1[N+](=O)[O-]. The van der Waals surface area contributed by atoms with Crippen LogP contribution in [0.15, 0.2) is 18.2 Å². The molecule has 0 aromatic heterocycles. The summed E-state index contributed by atoms with van der Waals surface area (Å²) in [6.45, 7) is 4.19. The highest BCUT2D eigenvalue weighted by Gasteiger charge is 2.20. The number of nitro groups is 1. The van der Waals surface area contributed by atoms with Gasteiger partial charge in [-0.3, -0.25) is 14.9 Å². The number of primary amides is 1. The highest BCUT2D eigenvalue weighted by molar-refractivity contribution is 5.78. The largest absolute Gasteiger partial charge is 0.380 e. The van der Waals surface area contributed by atoms with Gasteiger partial charge >= 0.3 is 5.69 Å². The Balaban J connectivity index is 3.02. The van der Waals surface area contributed by atoms with Crippen molar-refractivity contribution in [2.24, 2.45) is 5.73 Å². The molecule has 0 saturated heterocycles. The molecule has 104 valence electrons. The minimum Gasteiger partial charge on any atom is -0.380 e. The van der Waals surface area contributed by atoms with Gasteiger partial charge in [-0.1, -0.05) is 6.07 Å². The predicted octanol–water partition coefficient (Wildman–Crippen LogP) is 1.70. The van der Waals surface area contributed by atoms with Gasteiger partial charge in [0.2, 0.25) is 5.91 Å². The first-order chi connectivity index (χ1) is 8.95. The molecule has 0 spiro atoms. The molecule has 1 atom stereocenters. The number of nitro benzene ring substituents is 1. The van der Waals surface area contributed by atoms with Crippen LogP contribution in [-0.4, -0.2) is 23.4 Å². The van der Waals surface area contributed by atoms with E-state index in [1.54, 1.807) is 25.1 Å². The summed E-state index contributed by atoms with van der Waals surface area (Å²) in [4.78, 5) is 21.5. The zero-order valence-electron chi connectivity index (χ0n) is 11.0. The maximum absolute atomic E-state index is 11.2. The molecule has 7 nitrogen and oxygen atoms in total. The van der Waals surface area contributed by atoms with E-state index in [0.29, 0.717) is 17.9 Å². The second-order valence-corrected chi connectivity index (χ2v) is 4.21. The quantitative estimate of drug-likeness (QED) is 0.514. The van der Waals surface area contributed by atoms with Gasteiger partial charge in [0.05, 0.1) is 4.92 Å². The fraction of sp³-hybridized carbons (Fsp3) is 0.417. The van der Waals surface area contributed by atoms with Crippen molar-refractivity contribution < 1.29 is 9.72 Å². The molecular formula is C12H18N4O3. The number of rotatable bonds is 7. The number of carbonyl (C=O) groups is 1. The summed E-state index contributed by atoms with van der Waals surface area (Å²) in [5, 5.41) is 17.0. The van der Waals surface area contributed by atoms with Crippen LogP contribution in [0.1, 0.15) is 20.3 Å². The van der Waals surface area contributed by atoms with Crippen molar-refractivity contribution in [3.05, 3.63) is 28.3 Å². The maximum atomic E-state index is 11.2. The Morgan fingerprint density at radius 1 is 1.47 bits per heavy atom. The predicted molar refractivity (Wildman–Crippen MR) is 74.2 cm³/mol. The van der Waals surface area contributed by atoms with Crippen molar-refractivity contribution in [3.8, 4) is 0 Å². The topological polar surface area (TPSA) is 110 Å². The van der Waals surface area contributed by atoms with Gasteiger partial charge in [0.25, 0.3) is 0 Å². The highest BCUT2D eigenvalue weighted by Crippen LogP contribution is 2.33. The molecule has 4 N–H and O–H groups in total. The number of carbonyl (C=O) groups excluding carboxylic acids is 1. The zero-order valence-corrected chi connectivity index (χ0v) is 11.0. The summed E-state index contributed by atoms with van der Waals surface area (Å²) in [7, 11) is 0. The van der Waals surface area contributed by atoms with Crippen LogP contribution in [0.4, 0.5) is 17.1 Å². The summed E-state index contributed by atoms with van der Waals surface area (Å²) >= 11 is 0. The van der Waals surface area contributed by atoms with Crippen LogP contribution < -0.4 is 16.4 Å². The third kappa shape index (κ3) is 4.13. The van der Waals surface area contributed by atoms with Crippen molar-refractivity contribution in [2.45, 2.75) is 26.3 Å². The van der Waals surface area contributed by atoms with Gasteiger partial charge in [0.15, 0.2) is 0 Å². The number of anilines is 2. The van der Waals surface area contributed by atoms with Crippen molar-refractivity contribution in [1.82, 2.24) is 0 Å². The van der Waals surface area contributed by atoms with Crippen LogP contribution in [0.2, 0.25) is 0 Å². The van der Waals surface area contributed by atoms with E-state index in [9.17, 15) is 14.9 Å². The Morgan fingerprint density at radius 3 is 2.63 bits per heavy atom. The van der Waals surface area contributed by atoms with E-state index in [0.717, 1.165) is 0 Å². The minimum absolute atomic E-state index is 0.0272. The maximum Gasteiger partial charge on any atom is 0.315 e. The smallest absolute Gasteiger partial charge is 0.315 e. The molecule has 0 saturated carbocycles. The first kappa shape index (κ1) is 14.7. The van der Waals surface area contributed by atoms with Gasteiger partial charge in [-0.05, 0) is 26.0 Å². The molecule has 0 bridgehead atoms. The summed E-state index contributed by atoms with van der Waals surface area (Å²) < 4.78 is 0. The number of para-hydroxylation sites is 1. The number of hydrogen-bond donors (Lipinski definition) is 3. The van der Waals surface area contributed by atoms with E-state index < -0.39 is 10.8 Å².